The molecule has 8 heteroatoms. The standard InChI is InChI=1S/C35H20N8/c1-17-9-7-15-23-25(17)33-39-34-26-18(2)10-8-16-24(26)32-38-30-22-14-6-4-12-20(22)28-36-27-19-11-3-5-13-21(19)29-37-31(23)42(33)35(40(27)29,41(28)30)43(32)34/h3-16H,1-2H3/q+2. The second-order valence-corrected chi connectivity index (χ2v) is 12.1. The summed E-state index contributed by atoms with van der Waals surface area (Å²) in [5.41, 5.74) is 8.53. The lowest BCUT2D eigenvalue weighted by Crippen LogP contribution is -2.71. The molecule has 0 fully saturated rings. The van der Waals surface area contributed by atoms with E-state index in [0.29, 0.717) is 0 Å². The van der Waals surface area contributed by atoms with Gasteiger partial charge in [-0.15, -0.1) is 9.15 Å². The third kappa shape index (κ3) is 1.93. The molecular weight excluding hydrogens is 532 g/mol. The fourth-order valence-corrected chi connectivity index (χ4v) is 8.41. The summed E-state index contributed by atoms with van der Waals surface area (Å²) in [6.45, 7) is 4.35. The van der Waals surface area contributed by atoms with Crippen LogP contribution < -0.4 is 11.0 Å². The Bertz CT molecular complexity index is 2750. The lowest BCUT2D eigenvalue weighted by Gasteiger charge is -2.41. The van der Waals surface area contributed by atoms with Crippen molar-refractivity contribution in [2.75, 3.05) is 0 Å². The average molecular weight is 553 g/mol. The van der Waals surface area contributed by atoms with Gasteiger partial charge in [-0.2, -0.15) is 0 Å². The fraction of sp³-hybridized carbons (Fsp3) is 0.0857. The zero-order chi connectivity index (χ0) is 27.9. The van der Waals surface area contributed by atoms with Crippen molar-refractivity contribution in [3.63, 3.8) is 0 Å². The number of hydrogen-bond acceptors (Lipinski definition) is 4. The summed E-state index contributed by atoms with van der Waals surface area (Å²) in [5.74, 6) is 4.49. The number of aromatic nitrogens is 2. The molecule has 198 valence electrons. The maximum atomic E-state index is 5.54. The average Bonchev–Trinajstić information content (AvgIpc) is 3.74. The number of benzene rings is 4. The van der Waals surface area contributed by atoms with Crippen LogP contribution in [0.25, 0.3) is 21.5 Å². The molecule has 6 aliphatic heterocycles. The highest BCUT2D eigenvalue weighted by Crippen LogP contribution is 2.52. The fourth-order valence-electron chi connectivity index (χ4n) is 8.41. The Labute approximate surface area is 243 Å². The number of hydrogen-bond donors (Lipinski definition) is 0. The largest absolute Gasteiger partial charge is 0.402 e. The van der Waals surface area contributed by atoms with Crippen LogP contribution in [-0.4, -0.2) is 41.6 Å². The Balaban J connectivity index is 1.46. The van der Waals surface area contributed by atoms with E-state index < -0.39 is 5.91 Å². The van der Waals surface area contributed by atoms with Crippen molar-refractivity contribution < 1.29 is 9.15 Å². The minimum Gasteiger partial charge on any atom is -0.211 e. The summed E-state index contributed by atoms with van der Waals surface area (Å²) < 4.78 is 9.42. The molecule has 43 heavy (non-hydrogen) atoms. The van der Waals surface area contributed by atoms with Crippen LogP contribution in [0, 0.1) is 13.8 Å². The number of rotatable bonds is 0. The first-order valence-electron chi connectivity index (χ1n) is 14.6. The van der Waals surface area contributed by atoms with Crippen LogP contribution in [0.15, 0.2) is 105 Å². The number of fused-ring (bicyclic) bond motifs is 12. The summed E-state index contributed by atoms with van der Waals surface area (Å²) in [7, 11) is 0. The van der Waals surface area contributed by atoms with Gasteiger partial charge in [0.05, 0.1) is 22.3 Å². The molecule has 1 atom stereocenters. The van der Waals surface area contributed by atoms with Gasteiger partial charge in [0.1, 0.15) is 0 Å². The maximum absolute atomic E-state index is 5.54. The van der Waals surface area contributed by atoms with Gasteiger partial charge in [0.15, 0.2) is 11.3 Å². The molecule has 1 spiro atoms. The van der Waals surface area contributed by atoms with Gasteiger partial charge in [0, 0.05) is 21.5 Å². The zero-order valence-corrected chi connectivity index (χ0v) is 23.2. The van der Waals surface area contributed by atoms with E-state index >= 15 is 0 Å². The van der Waals surface area contributed by atoms with Gasteiger partial charge in [-0.05, 0) is 61.4 Å². The van der Waals surface area contributed by atoms with Crippen molar-refractivity contribution in [3.05, 3.63) is 129 Å². The van der Waals surface area contributed by atoms with Gasteiger partial charge in [-0.25, -0.2) is 14.1 Å². The first-order valence-corrected chi connectivity index (χ1v) is 14.6. The molecule has 0 N–H and O–H groups in total. The first kappa shape index (κ1) is 21.0. The molecule has 0 saturated carbocycles. The molecule has 8 heterocycles. The molecule has 0 saturated heterocycles. The van der Waals surface area contributed by atoms with Crippen molar-refractivity contribution in [1.29, 1.82) is 0 Å². The topological polar surface area (TPSA) is 65.3 Å². The van der Waals surface area contributed by atoms with Crippen LogP contribution in [0.2, 0.25) is 0 Å². The lowest BCUT2D eigenvalue weighted by atomic mass is 10.1. The molecule has 6 aliphatic rings. The van der Waals surface area contributed by atoms with Crippen LogP contribution >= 0.6 is 0 Å². The van der Waals surface area contributed by atoms with Crippen LogP contribution in [0.1, 0.15) is 33.4 Å². The summed E-state index contributed by atoms with van der Waals surface area (Å²) in [6, 6.07) is 30.0. The summed E-state index contributed by atoms with van der Waals surface area (Å²) >= 11 is 0. The van der Waals surface area contributed by atoms with Gasteiger partial charge >= 0.3 is 5.91 Å². The molecule has 1 unspecified atom stereocenters. The highest BCUT2D eigenvalue weighted by Gasteiger charge is 2.69. The van der Waals surface area contributed by atoms with E-state index in [1.54, 1.807) is 0 Å². The molecule has 0 amide bonds. The molecule has 0 bridgehead atoms. The molecular formula is C35H20N8+2. The molecule has 2 aromatic heterocycles. The van der Waals surface area contributed by atoms with Gasteiger partial charge in [-0.3, -0.25) is 0 Å². The van der Waals surface area contributed by atoms with Crippen molar-refractivity contribution in [1.82, 2.24) is 9.13 Å². The van der Waals surface area contributed by atoms with Crippen LogP contribution in [0.5, 0.6) is 0 Å². The normalized spacial score (nSPS) is 20.4. The zero-order valence-electron chi connectivity index (χ0n) is 23.2. The van der Waals surface area contributed by atoms with E-state index in [-0.39, 0.29) is 0 Å². The maximum Gasteiger partial charge on any atom is 0.402 e. The number of aryl methyl sites for hydroxylation is 2. The van der Waals surface area contributed by atoms with E-state index in [2.05, 4.69) is 117 Å². The first-order chi connectivity index (χ1) is 21.2. The second-order valence-electron chi connectivity index (χ2n) is 12.1. The smallest absolute Gasteiger partial charge is 0.211 e. The highest BCUT2D eigenvalue weighted by atomic mass is 15.7. The highest BCUT2D eigenvalue weighted by molar-refractivity contribution is 6.24. The van der Waals surface area contributed by atoms with Crippen molar-refractivity contribution in [3.8, 4) is 0 Å². The van der Waals surface area contributed by atoms with Crippen LogP contribution in [0.4, 0.5) is 11.6 Å². The minimum atomic E-state index is -0.938. The third-order valence-corrected chi connectivity index (χ3v) is 10.0. The second kappa shape index (κ2) is 6.34. The van der Waals surface area contributed by atoms with E-state index in [9.17, 15) is 0 Å². The van der Waals surface area contributed by atoms with Gasteiger partial charge in [0.2, 0.25) is 11.3 Å². The predicted molar refractivity (Wildman–Crippen MR) is 163 cm³/mol. The van der Waals surface area contributed by atoms with Crippen LogP contribution in [-0.2, 0) is 5.91 Å². The predicted octanol–water partition coefficient (Wildman–Crippen LogP) is 4.32. The Morgan fingerprint density at radius 3 is 1.84 bits per heavy atom. The van der Waals surface area contributed by atoms with E-state index in [0.717, 1.165) is 89.8 Å². The molecule has 8 nitrogen and oxygen atoms in total. The Morgan fingerprint density at radius 1 is 0.512 bits per heavy atom. The Hall–Kier alpha value is -5.76. The molecule has 0 radical (unpaired) electrons. The van der Waals surface area contributed by atoms with Crippen molar-refractivity contribution in [2.24, 2.45) is 20.0 Å². The minimum absolute atomic E-state index is 0.901. The van der Waals surface area contributed by atoms with Gasteiger partial charge in [0.25, 0.3) is 23.3 Å². The Morgan fingerprint density at radius 2 is 1.12 bits per heavy atom. The van der Waals surface area contributed by atoms with Crippen LogP contribution in [0.3, 0.4) is 0 Å². The number of nitrogens with zero attached hydrogens (tertiary/aromatic N) is 8. The van der Waals surface area contributed by atoms with Crippen molar-refractivity contribution in [2.45, 2.75) is 19.8 Å². The number of amidine groups is 4. The van der Waals surface area contributed by atoms with Gasteiger partial charge < -0.3 is 0 Å². The number of aliphatic imine (C=N–C) groups is 2. The summed E-state index contributed by atoms with van der Waals surface area (Å²) in [5, 5.41) is 4.47. The third-order valence-electron chi connectivity index (χ3n) is 10.0. The molecule has 6 aromatic rings. The molecule has 12 rings (SSSR count). The summed E-state index contributed by atoms with van der Waals surface area (Å²) in [4.78, 5) is 21.9. The quantitative estimate of drug-likeness (QED) is 0.252. The summed E-state index contributed by atoms with van der Waals surface area (Å²) in [6.07, 6.45) is 0. The lowest BCUT2D eigenvalue weighted by molar-refractivity contribution is -0.791. The Kier molecular flexibility index (Phi) is 3.10. The monoisotopic (exact) mass is 552 g/mol. The van der Waals surface area contributed by atoms with E-state index in [1.807, 2.05) is 0 Å². The van der Waals surface area contributed by atoms with Crippen molar-refractivity contribution >= 4 is 56.5 Å². The molecule has 0 aliphatic carbocycles. The van der Waals surface area contributed by atoms with Gasteiger partial charge in [-0.1, -0.05) is 63.5 Å². The van der Waals surface area contributed by atoms with E-state index in [1.165, 1.54) is 11.1 Å². The SMILES string of the molecule is Cc1cccc2c3n4c(c12)N=c1c2c(C)cccc2c2n1C41[N+]4=C(N=C5c6ccccc6C(=[N+]51)N=2)c1ccccc1C4=N3. The van der Waals surface area contributed by atoms with E-state index in [4.69, 9.17) is 20.0 Å². The molecule has 4 aromatic carbocycles.